The molecule has 2 saturated carbocycles. The molecule has 40 heavy (non-hydrogen) atoms. The summed E-state index contributed by atoms with van der Waals surface area (Å²) in [4.78, 5) is 21.6. The van der Waals surface area contributed by atoms with Crippen LogP contribution in [0.4, 0.5) is 5.69 Å². The Morgan fingerprint density at radius 2 is 1.77 bits per heavy atom. The third kappa shape index (κ3) is 5.84. The summed E-state index contributed by atoms with van der Waals surface area (Å²) in [6.07, 6.45) is 5.07. The van der Waals surface area contributed by atoms with Gasteiger partial charge in [-0.2, -0.15) is 15.9 Å². The van der Waals surface area contributed by atoms with Gasteiger partial charge in [0.15, 0.2) is 0 Å². The molecule has 3 N–H and O–H groups in total. The lowest BCUT2D eigenvalue weighted by atomic mass is 9.76. The number of rotatable bonds is 7. The maximum Gasteiger partial charge on any atom is 0.279 e. The molecule has 0 radical (unpaired) electrons. The molecule has 2 aromatic carbocycles. The van der Waals surface area contributed by atoms with E-state index >= 15 is 0 Å². The van der Waals surface area contributed by atoms with Gasteiger partial charge < -0.3 is 15.0 Å². The summed E-state index contributed by atoms with van der Waals surface area (Å²) in [6, 6.07) is 20.2. The van der Waals surface area contributed by atoms with E-state index in [-0.39, 0.29) is 17.7 Å². The van der Waals surface area contributed by atoms with E-state index in [1.54, 1.807) is 0 Å². The van der Waals surface area contributed by atoms with Gasteiger partial charge >= 0.3 is 0 Å². The second-order valence-electron chi connectivity index (χ2n) is 11.0. The first-order chi connectivity index (χ1) is 19.3. The first-order valence-electron chi connectivity index (χ1n) is 13.9. The highest BCUT2D eigenvalue weighted by molar-refractivity contribution is 8.24. The number of carbonyl (C=O) groups excluding carboxylic acids is 1. The molecule has 2 aliphatic carbocycles. The van der Waals surface area contributed by atoms with Gasteiger partial charge in [-0.1, -0.05) is 54.5 Å². The zero-order valence-electron chi connectivity index (χ0n) is 22.3. The minimum absolute atomic E-state index is 0.0420. The Bertz CT molecular complexity index is 1390. The lowest BCUT2D eigenvalue weighted by molar-refractivity contribution is -0.127. The van der Waals surface area contributed by atoms with Gasteiger partial charge in [-0.3, -0.25) is 13.9 Å². The van der Waals surface area contributed by atoms with Crippen molar-refractivity contribution in [3.63, 3.8) is 0 Å². The van der Waals surface area contributed by atoms with E-state index in [2.05, 4.69) is 40.6 Å². The number of para-hydroxylation sites is 1. The molecule has 2 atom stereocenters. The number of thiazole rings is 1. The van der Waals surface area contributed by atoms with Gasteiger partial charge in [0.05, 0.1) is 28.1 Å². The van der Waals surface area contributed by atoms with E-state index in [1.807, 2.05) is 30.3 Å². The molecule has 210 valence electrons. The molecule has 6 rings (SSSR count). The first-order valence-corrected chi connectivity index (χ1v) is 16.6. The Morgan fingerprint density at radius 1 is 1.07 bits per heavy atom. The Kier molecular flexibility index (Phi) is 7.48. The number of nitrogens with zero attached hydrogens (tertiary/aromatic N) is 3. The lowest BCUT2D eigenvalue weighted by Crippen LogP contribution is -2.42. The normalized spacial score (nSPS) is 24.0. The van der Waals surface area contributed by atoms with Crippen LogP contribution in [0, 0.1) is 17.2 Å². The number of amides is 1. The Morgan fingerprint density at radius 3 is 2.45 bits per heavy atom. The highest BCUT2D eigenvalue weighted by Gasteiger charge is 2.47. The zero-order chi connectivity index (χ0) is 27.7. The summed E-state index contributed by atoms with van der Waals surface area (Å²) < 4.78 is 26.1. The van der Waals surface area contributed by atoms with Crippen LogP contribution in [0.3, 0.4) is 0 Å². The largest absolute Gasteiger partial charge is 0.431 e. The molecule has 1 saturated heterocycles. The molecule has 3 aliphatic rings. The minimum atomic E-state index is -2.45. The summed E-state index contributed by atoms with van der Waals surface area (Å²) >= 11 is 1.49. The molecule has 0 bridgehead atoms. The number of nitriles is 1. The first kappa shape index (κ1) is 27.1. The van der Waals surface area contributed by atoms with Gasteiger partial charge in [0.1, 0.15) is 11.3 Å². The number of nitrogens with one attached hydrogen (secondary N) is 1. The molecule has 0 spiro atoms. The quantitative estimate of drug-likeness (QED) is 0.288. The average molecular weight is 579 g/mol. The number of ether oxygens (including phenoxy) is 1. The van der Waals surface area contributed by atoms with Crippen molar-refractivity contribution in [1.29, 1.82) is 5.26 Å². The van der Waals surface area contributed by atoms with Crippen LogP contribution in [0.5, 0.6) is 10.9 Å². The van der Waals surface area contributed by atoms with Gasteiger partial charge in [0.2, 0.25) is 5.91 Å². The van der Waals surface area contributed by atoms with Crippen LogP contribution >= 0.6 is 21.9 Å². The van der Waals surface area contributed by atoms with Crippen LogP contribution < -0.4 is 15.0 Å². The predicted molar refractivity (Wildman–Crippen MR) is 159 cm³/mol. The Hall–Kier alpha value is -3.10. The molecule has 8 nitrogen and oxygen atoms in total. The number of hydrogen-bond donors (Lipinski definition) is 3. The molecule has 1 aromatic heterocycles. The van der Waals surface area contributed by atoms with E-state index in [9.17, 15) is 19.2 Å². The smallest absolute Gasteiger partial charge is 0.279 e. The third-order valence-electron chi connectivity index (χ3n) is 8.23. The maximum absolute atomic E-state index is 13.5. The summed E-state index contributed by atoms with van der Waals surface area (Å²) in [5.41, 5.74) is 2.26. The van der Waals surface area contributed by atoms with Gasteiger partial charge in [-0.25, -0.2) is 4.98 Å². The monoisotopic (exact) mass is 578 g/mol. The molecule has 0 unspecified atom stereocenters. The van der Waals surface area contributed by atoms with Crippen LogP contribution in [0.2, 0.25) is 0 Å². The number of aromatic nitrogens is 1. The standard InChI is InChI=1S/C30H34N4O4S2/c31-20-30(14-15-30)33-28(35)25-9-5-4-8-24(25)26-27(39-29(32-26)38-23-6-2-1-3-7-23)21-10-12-22(13-11-21)34-16-18-40(36,37)19-17-34/h1-3,6-7,10-13,24-25,36-37H,4-5,8-9,14-19H2,(H,33,35)/t24-,25-/m1/s1. The molecule has 3 fully saturated rings. The molecule has 10 heteroatoms. The molecule has 1 aliphatic heterocycles. The van der Waals surface area contributed by atoms with E-state index in [0.29, 0.717) is 48.4 Å². The van der Waals surface area contributed by atoms with Gasteiger partial charge in [0.25, 0.3) is 5.19 Å². The Labute approximate surface area is 240 Å². The SMILES string of the molecule is N#CC1(NC(=O)[C@@H]2CCCC[C@H]2c2nc(Oc3ccccc3)sc2-c2ccc(N3CCS(O)(O)CC3)cc2)CC1. The van der Waals surface area contributed by atoms with Crippen molar-refractivity contribution in [2.24, 2.45) is 5.92 Å². The van der Waals surface area contributed by atoms with Crippen molar-refractivity contribution in [2.75, 3.05) is 29.5 Å². The molecule has 1 amide bonds. The van der Waals surface area contributed by atoms with Gasteiger partial charge in [-0.05, 0) is 55.5 Å². The van der Waals surface area contributed by atoms with E-state index in [0.717, 1.165) is 47.5 Å². The van der Waals surface area contributed by atoms with Crippen molar-refractivity contribution in [1.82, 2.24) is 10.3 Å². The van der Waals surface area contributed by atoms with Crippen LogP contribution in [0.1, 0.15) is 50.1 Å². The summed E-state index contributed by atoms with van der Waals surface area (Å²) in [7, 11) is -2.45. The van der Waals surface area contributed by atoms with Crippen LogP contribution in [0.25, 0.3) is 10.4 Å². The summed E-state index contributed by atoms with van der Waals surface area (Å²) in [6.45, 7) is 1.23. The van der Waals surface area contributed by atoms with Crippen LogP contribution in [0.15, 0.2) is 54.6 Å². The summed E-state index contributed by atoms with van der Waals surface area (Å²) in [5.74, 6) is 1.16. The fourth-order valence-corrected chi connectivity index (χ4v) is 7.94. The molecular weight excluding hydrogens is 544 g/mol. The van der Waals surface area contributed by atoms with Crippen molar-refractivity contribution in [3.05, 3.63) is 60.3 Å². The van der Waals surface area contributed by atoms with Crippen molar-refractivity contribution in [3.8, 4) is 27.5 Å². The number of hydrogen-bond acceptors (Lipinski definition) is 8. The molecule has 2 heterocycles. The minimum Gasteiger partial charge on any atom is -0.431 e. The lowest BCUT2D eigenvalue weighted by Gasteiger charge is -2.41. The molecule has 3 aromatic rings. The Balaban J connectivity index is 1.31. The van der Waals surface area contributed by atoms with Crippen LogP contribution in [-0.4, -0.2) is 50.1 Å². The highest BCUT2D eigenvalue weighted by atomic mass is 32.3. The van der Waals surface area contributed by atoms with Gasteiger partial charge in [-0.15, -0.1) is 0 Å². The van der Waals surface area contributed by atoms with Crippen molar-refractivity contribution in [2.45, 2.75) is 50.0 Å². The van der Waals surface area contributed by atoms with Crippen molar-refractivity contribution >= 4 is 33.5 Å². The number of anilines is 1. The van der Waals surface area contributed by atoms with E-state index in [1.165, 1.54) is 11.3 Å². The zero-order valence-corrected chi connectivity index (χ0v) is 23.9. The van der Waals surface area contributed by atoms with E-state index in [4.69, 9.17) is 9.72 Å². The van der Waals surface area contributed by atoms with Crippen molar-refractivity contribution < 1.29 is 18.6 Å². The fraction of sp³-hybridized carbons (Fsp3) is 0.433. The van der Waals surface area contributed by atoms with E-state index < -0.39 is 16.1 Å². The van der Waals surface area contributed by atoms with Crippen LogP contribution in [-0.2, 0) is 4.79 Å². The fourth-order valence-electron chi connectivity index (χ4n) is 5.70. The number of benzene rings is 2. The topological polar surface area (TPSA) is 119 Å². The average Bonchev–Trinajstić information content (AvgIpc) is 3.63. The van der Waals surface area contributed by atoms with Gasteiger partial charge in [0, 0.05) is 30.6 Å². The predicted octanol–water partition coefficient (Wildman–Crippen LogP) is 6.62. The number of carbonyl (C=O) groups is 1. The molecular formula is C30H34N4O4S2. The second kappa shape index (κ2) is 11.1. The highest BCUT2D eigenvalue weighted by Crippen LogP contribution is 2.47. The maximum atomic E-state index is 13.5. The second-order valence-corrected chi connectivity index (χ2v) is 14.4. The third-order valence-corrected chi connectivity index (χ3v) is 10.9. The summed E-state index contributed by atoms with van der Waals surface area (Å²) in [5, 5.41) is 13.1.